The molecule has 130 valence electrons. The van der Waals surface area contributed by atoms with Crippen molar-refractivity contribution >= 4 is 12.0 Å². The van der Waals surface area contributed by atoms with Crippen LogP contribution >= 0.6 is 0 Å². The molecule has 5 nitrogen and oxygen atoms in total. The molecule has 2 aliphatic rings. The Morgan fingerprint density at radius 3 is 2.83 bits per heavy atom. The highest BCUT2D eigenvalue weighted by Crippen LogP contribution is 2.31. The van der Waals surface area contributed by atoms with Crippen LogP contribution < -0.4 is 0 Å². The van der Waals surface area contributed by atoms with Gasteiger partial charge in [0.05, 0.1) is 7.11 Å². The Labute approximate surface area is 143 Å². The second-order valence-corrected chi connectivity index (χ2v) is 6.69. The number of likely N-dealkylation sites (tertiary alicyclic amines) is 1. The van der Waals surface area contributed by atoms with Crippen LogP contribution in [0.2, 0.25) is 0 Å². The van der Waals surface area contributed by atoms with Crippen LogP contribution in [-0.2, 0) is 22.5 Å². The van der Waals surface area contributed by atoms with Gasteiger partial charge in [0.25, 0.3) is 0 Å². The van der Waals surface area contributed by atoms with Gasteiger partial charge in [0.15, 0.2) is 0 Å². The largest absolute Gasteiger partial charge is 0.453 e. The number of carbonyl (C=O) groups is 2. The molecule has 24 heavy (non-hydrogen) atoms. The second-order valence-electron chi connectivity index (χ2n) is 6.69. The zero-order chi connectivity index (χ0) is 17.1. The van der Waals surface area contributed by atoms with Crippen molar-refractivity contribution in [1.29, 1.82) is 0 Å². The average Bonchev–Trinajstić information content (AvgIpc) is 2.82. The minimum Gasteiger partial charge on any atom is -0.453 e. The molecular weight excluding hydrogens is 304 g/mol. The summed E-state index contributed by atoms with van der Waals surface area (Å²) < 4.78 is 4.86. The van der Waals surface area contributed by atoms with E-state index in [1.807, 2.05) is 11.8 Å². The number of hydrogen-bond donors (Lipinski definition) is 0. The number of hydrogen-bond acceptors (Lipinski definition) is 3. The monoisotopic (exact) mass is 330 g/mol. The molecule has 1 aromatic carbocycles. The number of methoxy groups -OCH3 is 1. The van der Waals surface area contributed by atoms with Gasteiger partial charge in [0.2, 0.25) is 5.91 Å². The van der Waals surface area contributed by atoms with E-state index < -0.39 is 0 Å². The van der Waals surface area contributed by atoms with E-state index in [-0.39, 0.29) is 12.0 Å². The number of aryl methyl sites for hydroxylation is 1. The van der Waals surface area contributed by atoms with Crippen molar-refractivity contribution in [2.24, 2.45) is 0 Å². The molecule has 3 rings (SSSR count). The van der Waals surface area contributed by atoms with E-state index >= 15 is 0 Å². The maximum Gasteiger partial charge on any atom is 0.409 e. The Balaban J connectivity index is 1.76. The molecule has 2 amide bonds. The van der Waals surface area contributed by atoms with E-state index in [9.17, 15) is 9.59 Å². The standard InChI is InChI=1S/C19H26N2O3/c1-3-20-10-8-16(12-18(20)22)15-6-7-17-13-21(19(23)24-2)9-4-5-14(17)11-15/h6-7,11,16H,3-5,8-10,12-13H2,1-2H3. The molecule has 1 atom stereocenters. The quantitative estimate of drug-likeness (QED) is 0.838. The number of carbonyl (C=O) groups excluding carboxylic acids is 2. The van der Waals surface area contributed by atoms with Crippen molar-refractivity contribution in [3.63, 3.8) is 0 Å². The predicted molar refractivity (Wildman–Crippen MR) is 91.8 cm³/mol. The molecule has 0 bridgehead atoms. The van der Waals surface area contributed by atoms with Crippen molar-refractivity contribution in [2.45, 2.75) is 45.1 Å². The van der Waals surface area contributed by atoms with Crippen molar-refractivity contribution in [2.75, 3.05) is 26.7 Å². The first kappa shape index (κ1) is 16.8. The first-order chi connectivity index (χ1) is 11.6. The lowest BCUT2D eigenvalue weighted by Gasteiger charge is -2.31. The smallest absolute Gasteiger partial charge is 0.409 e. The molecule has 0 radical (unpaired) electrons. The van der Waals surface area contributed by atoms with Gasteiger partial charge in [-0.1, -0.05) is 18.2 Å². The summed E-state index contributed by atoms with van der Waals surface area (Å²) in [4.78, 5) is 27.7. The van der Waals surface area contributed by atoms with E-state index in [1.165, 1.54) is 23.8 Å². The topological polar surface area (TPSA) is 49.9 Å². The number of fused-ring (bicyclic) bond motifs is 1. The molecule has 0 spiro atoms. The predicted octanol–water partition coefficient (Wildman–Crippen LogP) is 2.93. The number of piperidine rings is 1. The van der Waals surface area contributed by atoms with Crippen molar-refractivity contribution < 1.29 is 14.3 Å². The lowest BCUT2D eigenvalue weighted by Crippen LogP contribution is -2.37. The summed E-state index contributed by atoms with van der Waals surface area (Å²) >= 11 is 0. The van der Waals surface area contributed by atoms with E-state index in [1.54, 1.807) is 4.90 Å². The zero-order valence-electron chi connectivity index (χ0n) is 14.6. The number of benzene rings is 1. The van der Waals surface area contributed by atoms with E-state index in [2.05, 4.69) is 18.2 Å². The third-order valence-electron chi connectivity index (χ3n) is 5.27. The minimum atomic E-state index is -0.260. The summed E-state index contributed by atoms with van der Waals surface area (Å²) in [6.07, 6.45) is 3.30. The summed E-state index contributed by atoms with van der Waals surface area (Å²) in [7, 11) is 1.43. The fraction of sp³-hybridized carbons (Fsp3) is 0.579. The molecule has 1 aromatic rings. The Bertz CT molecular complexity index is 629. The third-order valence-corrected chi connectivity index (χ3v) is 5.27. The fourth-order valence-electron chi connectivity index (χ4n) is 3.81. The maximum absolute atomic E-state index is 12.2. The van der Waals surface area contributed by atoms with Gasteiger partial charge in [0, 0.05) is 32.6 Å². The average molecular weight is 330 g/mol. The highest BCUT2D eigenvalue weighted by molar-refractivity contribution is 5.78. The van der Waals surface area contributed by atoms with Gasteiger partial charge in [-0.25, -0.2) is 4.79 Å². The molecule has 1 unspecified atom stereocenters. The molecule has 1 saturated heterocycles. The molecule has 0 N–H and O–H groups in total. The highest BCUT2D eigenvalue weighted by Gasteiger charge is 2.27. The summed E-state index contributed by atoms with van der Waals surface area (Å²) in [6.45, 7) is 5.03. The number of amides is 2. The van der Waals surface area contributed by atoms with Gasteiger partial charge in [-0.05, 0) is 48.8 Å². The molecule has 2 heterocycles. The summed E-state index contributed by atoms with van der Waals surface area (Å²) in [5.41, 5.74) is 3.77. The Morgan fingerprint density at radius 2 is 2.12 bits per heavy atom. The van der Waals surface area contributed by atoms with Crippen LogP contribution in [0, 0.1) is 0 Å². The number of ether oxygens (including phenoxy) is 1. The molecule has 2 aliphatic heterocycles. The Kier molecular flexibility index (Phi) is 5.07. The third kappa shape index (κ3) is 3.40. The first-order valence-corrected chi connectivity index (χ1v) is 8.84. The highest BCUT2D eigenvalue weighted by atomic mass is 16.5. The van der Waals surface area contributed by atoms with Crippen LogP contribution in [0.25, 0.3) is 0 Å². The van der Waals surface area contributed by atoms with Gasteiger partial charge >= 0.3 is 6.09 Å². The van der Waals surface area contributed by atoms with Gasteiger partial charge in [-0.15, -0.1) is 0 Å². The fourth-order valence-corrected chi connectivity index (χ4v) is 3.81. The summed E-state index contributed by atoms with van der Waals surface area (Å²) in [5, 5.41) is 0. The molecule has 0 aromatic heterocycles. The molecule has 1 fully saturated rings. The van der Waals surface area contributed by atoms with Gasteiger partial charge in [0.1, 0.15) is 0 Å². The van der Waals surface area contributed by atoms with Crippen LogP contribution in [0.3, 0.4) is 0 Å². The van der Waals surface area contributed by atoms with Gasteiger partial charge in [-0.3, -0.25) is 4.79 Å². The molecular formula is C19H26N2O3. The van der Waals surface area contributed by atoms with Crippen molar-refractivity contribution in [1.82, 2.24) is 9.80 Å². The minimum absolute atomic E-state index is 0.260. The van der Waals surface area contributed by atoms with Crippen LogP contribution in [0.5, 0.6) is 0 Å². The van der Waals surface area contributed by atoms with E-state index in [0.29, 0.717) is 18.9 Å². The lowest BCUT2D eigenvalue weighted by molar-refractivity contribution is -0.133. The normalized spacial score (nSPS) is 21.2. The SMILES string of the molecule is CCN1CCC(c2ccc3c(c2)CCCN(C(=O)OC)C3)CC1=O. The molecule has 0 saturated carbocycles. The van der Waals surface area contributed by atoms with Crippen LogP contribution in [0.1, 0.15) is 48.8 Å². The maximum atomic E-state index is 12.2. The van der Waals surface area contributed by atoms with Crippen LogP contribution in [0.15, 0.2) is 18.2 Å². The molecule has 5 heteroatoms. The van der Waals surface area contributed by atoms with Gasteiger partial charge < -0.3 is 14.5 Å². The number of rotatable bonds is 2. The molecule has 0 aliphatic carbocycles. The lowest BCUT2D eigenvalue weighted by atomic mass is 9.86. The Hall–Kier alpha value is -2.04. The van der Waals surface area contributed by atoms with Crippen LogP contribution in [-0.4, -0.2) is 48.5 Å². The van der Waals surface area contributed by atoms with Crippen molar-refractivity contribution in [3.05, 3.63) is 34.9 Å². The Morgan fingerprint density at radius 1 is 1.29 bits per heavy atom. The first-order valence-electron chi connectivity index (χ1n) is 8.84. The van der Waals surface area contributed by atoms with E-state index in [0.717, 1.165) is 38.9 Å². The zero-order valence-corrected chi connectivity index (χ0v) is 14.6. The van der Waals surface area contributed by atoms with Crippen molar-refractivity contribution in [3.8, 4) is 0 Å². The summed E-state index contributed by atoms with van der Waals surface area (Å²) in [6, 6.07) is 6.53. The summed E-state index contributed by atoms with van der Waals surface area (Å²) in [5.74, 6) is 0.589. The number of nitrogens with zero attached hydrogens (tertiary/aromatic N) is 2. The van der Waals surface area contributed by atoms with Gasteiger partial charge in [-0.2, -0.15) is 0 Å². The van der Waals surface area contributed by atoms with Crippen LogP contribution in [0.4, 0.5) is 4.79 Å². The second kappa shape index (κ2) is 7.24. The van der Waals surface area contributed by atoms with E-state index in [4.69, 9.17) is 4.74 Å².